The van der Waals surface area contributed by atoms with E-state index in [1.165, 1.54) is 0 Å². The maximum Gasteiger partial charge on any atom is 0.272 e. The van der Waals surface area contributed by atoms with E-state index in [1.54, 1.807) is 30.1 Å². The molecular weight excluding hydrogens is 380 g/mol. The molecular formula is C20H23F2N5O2. The second-order valence-electron chi connectivity index (χ2n) is 7.08. The molecule has 0 saturated heterocycles. The van der Waals surface area contributed by atoms with Gasteiger partial charge in [0.25, 0.3) is 6.43 Å². The Hall–Kier alpha value is -3.10. The van der Waals surface area contributed by atoms with E-state index < -0.39 is 13.0 Å². The van der Waals surface area contributed by atoms with Crippen molar-refractivity contribution >= 4 is 16.8 Å². The highest BCUT2D eigenvalue weighted by molar-refractivity contribution is 5.86. The van der Waals surface area contributed by atoms with Crippen molar-refractivity contribution in [1.29, 1.82) is 0 Å². The Labute approximate surface area is 167 Å². The van der Waals surface area contributed by atoms with E-state index >= 15 is 0 Å². The number of hydrogen-bond acceptors (Lipinski definition) is 5. The topological polar surface area (TPSA) is 81.9 Å². The van der Waals surface area contributed by atoms with Gasteiger partial charge in [-0.1, -0.05) is 0 Å². The highest BCUT2D eigenvalue weighted by atomic mass is 19.3. The Balaban J connectivity index is 1.76. The minimum atomic E-state index is -2.54. The second kappa shape index (κ2) is 8.93. The molecule has 0 aliphatic carbocycles. The Kier molecular flexibility index (Phi) is 6.36. The lowest BCUT2D eigenvalue weighted by molar-refractivity contribution is -0.120. The van der Waals surface area contributed by atoms with Crippen LogP contribution >= 0.6 is 0 Å². The zero-order chi connectivity index (χ0) is 21.0. The van der Waals surface area contributed by atoms with Crippen molar-refractivity contribution in [2.24, 2.45) is 0 Å². The molecule has 154 valence electrons. The smallest absolute Gasteiger partial charge is 0.272 e. The average molecular weight is 403 g/mol. The van der Waals surface area contributed by atoms with Crippen molar-refractivity contribution in [2.75, 3.05) is 6.61 Å². The first-order chi connectivity index (χ1) is 13.8. The van der Waals surface area contributed by atoms with Crippen molar-refractivity contribution in [3.05, 3.63) is 47.5 Å². The number of aromatic nitrogens is 4. The Bertz CT molecular complexity index is 1000. The van der Waals surface area contributed by atoms with Gasteiger partial charge >= 0.3 is 0 Å². The quantitative estimate of drug-likeness (QED) is 0.625. The molecule has 29 heavy (non-hydrogen) atoms. The molecule has 0 aromatic carbocycles. The van der Waals surface area contributed by atoms with Crippen LogP contribution in [0.5, 0.6) is 5.88 Å². The van der Waals surface area contributed by atoms with E-state index in [0.717, 1.165) is 16.5 Å². The first kappa shape index (κ1) is 20.6. The fourth-order valence-corrected chi connectivity index (χ4v) is 2.98. The first-order valence-corrected chi connectivity index (χ1v) is 9.28. The van der Waals surface area contributed by atoms with E-state index in [-0.39, 0.29) is 24.2 Å². The molecule has 0 unspecified atom stereocenters. The lowest BCUT2D eigenvalue weighted by Gasteiger charge is -2.09. The number of pyridine rings is 2. The minimum Gasteiger partial charge on any atom is -0.471 e. The van der Waals surface area contributed by atoms with Crippen LogP contribution in [0.4, 0.5) is 8.78 Å². The number of carbonyl (C=O) groups is 1. The summed E-state index contributed by atoms with van der Waals surface area (Å²) in [7, 11) is 0. The second-order valence-corrected chi connectivity index (χ2v) is 7.08. The standard InChI is InChI=1S/C20H23F2N5O2/c1-12(2)25-19(28)7-17-15-10-27(26-16(15)4-5-23-17)9-14-6-13(3)20(24-8-14)29-11-18(21)22/h4-6,8,10,12,18H,7,9,11H2,1-3H3,(H,25,28). The molecule has 0 radical (unpaired) electrons. The van der Waals surface area contributed by atoms with Crippen molar-refractivity contribution in [3.8, 4) is 5.88 Å². The van der Waals surface area contributed by atoms with Crippen LogP contribution in [-0.4, -0.2) is 44.7 Å². The molecule has 0 saturated carbocycles. The lowest BCUT2D eigenvalue weighted by atomic mass is 10.2. The molecule has 3 heterocycles. The zero-order valence-corrected chi connectivity index (χ0v) is 16.5. The normalized spacial score (nSPS) is 11.4. The molecule has 7 nitrogen and oxygen atoms in total. The average Bonchev–Trinajstić information content (AvgIpc) is 3.03. The number of alkyl halides is 2. The number of hydrogen-bond donors (Lipinski definition) is 1. The van der Waals surface area contributed by atoms with Gasteiger partial charge in [-0.05, 0) is 38.5 Å². The van der Waals surface area contributed by atoms with Gasteiger partial charge in [-0.25, -0.2) is 13.8 Å². The molecule has 3 rings (SSSR count). The Morgan fingerprint density at radius 2 is 2.10 bits per heavy atom. The van der Waals surface area contributed by atoms with Crippen LogP contribution in [0, 0.1) is 6.92 Å². The molecule has 0 fully saturated rings. The molecule has 0 aliphatic heterocycles. The summed E-state index contributed by atoms with van der Waals surface area (Å²) >= 11 is 0. The predicted octanol–water partition coefficient (Wildman–Crippen LogP) is 2.89. The van der Waals surface area contributed by atoms with Gasteiger partial charge in [0.15, 0.2) is 6.61 Å². The molecule has 0 atom stereocenters. The van der Waals surface area contributed by atoms with E-state index in [4.69, 9.17) is 4.74 Å². The largest absolute Gasteiger partial charge is 0.471 e. The molecule has 0 spiro atoms. The van der Waals surface area contributed by atoms with Gasteiger partial charge < -0.3 is 10.1 Å². The summed E-state index contributed by atoms with van der Waals surface area (Å²) in [5, 5.41) is 8.21. The highest BCUT2D eigenvalue weighted by Crippen LogP contribution is 2.19. The Morgan fingerprint density at radius 3 is 2.79 bits per heavy atom. The van der Waals surface area contributed by atoms with Crippen molar-refractivity contribution < 1.29 is 18.3 Å². The summed E-state index contributed by atoms with van der Waals surface area (Å²) in [4.78, 5) is 20.5. The van der Waals surface area contributed by atoms with Crippen LogP contribution in [0.3, 0.4) is 0 Å². The fourth-order valence-electron chi connectivity index (χ4n) is 2.98. The summed E-state index contributed by atoms with van der Waals surface area (Å²) in [6.45, 7) is 5.33. The lowest BCUT2D eigenvalue weighted by Crippen LogP contribution is -2.31. The number of rotatable bonds is 8. The number of carbonyl (C=O) groups excluding carboxylic acids is 1. The molecule has 1 N–H and O–H groups in total. The van der Waals surface area contributed by atoms with Gasteiger partial charge in [-0.2, -0.15) is 5.10 Å². The van der Waals surface area contributed by atoms with E-state index in [2.05, 4.69) is 20.4 Å². The van der Waals surface area contributed by atoms with E-state index in [0.29, 0.717) is 17.8 Å². The van der Waals surface area contributed by atoms with Gasteiger partial charge in [-0.3, -0.25) is 14.5 Å². The van der Waals surface area contributed by atoms with Crippen molar-refractivity contribution in [2.45, 2.75) is 46.2 Å². The number of nitrogens with one attached hydrogen (secondary N) is 1. The number of aryl methyl sites for hydroxylation is 1. The maximum atomic E-state index is 12.3. The SMILES string of the molecule is Cc1cc(Cn2cc3c(CC(=O)NC(C)C)nccc3n2)cnc1OCC(F)F. The fraction of sp³-hybridized carbons (Fsp3) is 0.400. The van der Waals surface area contributed by atoms with Crippen molar-refractivity contribution in [3.63, 3.8) is 0 Å². The van der Waals surface area contributed by atoms with E-state index in [9.17, 15) is 13.6 Å². The van der Waals surface area contributed by atoms with Gasteiger partial charge in [0.1, 0.15) is 0 Å². The van der Waals surface area contributed by atoms with Crippen LogP contribution in [0.25, 0.3) is 10.9 Å². The van der Waals surface area contributed by atoms with Gasteiger partial charge in [-0.15, -0.1) is 0 Å². The highest BCUT2D eigenvalue weighted by Gasteiger charge is 2.13. The van der Waals surface area contributed by atoms with Gasteiger partial charge in [0.05, 0.1) is 24.2 Å². The van der Waals surface area contributed by atoms with Gasteiger partial charge in [0, 0.05) is 35.6 Å². The van der Waals surface area contributed by atoms with Gasteiger partial charge in [0.2, 0.25) is 11.8 Å². The molecule has 0 aliphatic rings. The summed E-state index contributed by atoms with van der Waals surface area (Å²) in [5.74, 6) is 0.106. The minimum absolute atomic E-state index is 0.0628. The number of ether oxygens (including phenoxy) is 1. The molecule has 3 aromatic rings. The van der Waals surface area contributed by atoms with Crippen LogP contribution in [-0.2, 0) is 17.8 Å². The molecule has 0 bridgehead atoms. The molecule has 9 heteroatoms. The maximum absolute atomic E-state index is 12.3. The third-order valence-electron chi connectivity index (χ3n) is 4.12. The first-order valence-electron chi connectivity index (χ1n) is 9.28. The van der Waals surface area contributed by atoms with Crippen molar-refractivity contribution in [1.82, 2.24) is 25.1 Å². The number of fused-ring (bicyclic) bond motifs is 1. The number of halogens is 2. The molecule has 1 amide bonds. The van der Waals surface area contributed by atoms with Crippen LogP contribution in [0.2, 0.25) is 0 Å². The third kappa shape index (κ3) is 5.46. The van der Waals surface area contributed by atoms with Crippen LogP contribution in [0.15, 0.2) is 30.7 Å². The third-order valence-corrected chi connectivity index (χ3v) is 4.12. The van der Waals surface area contributed by atoms with Crippen LogP contribution < -0.4 is 10.1 Å². The summed E-state index contributed by atoms with van der Waals surface area (Å²) in [6, 6.07) is 3.68. The predicted molar refractivity (Wildman–Crippen MR) is 104 cm³/mol. The molecule has 3 aromatic heterocycles. The Morgan fingerprint density at radius 1 is 1.31 bits per heavy atom. The van der Waals surface area contributed by atoms with Crippen LogP contribution in [0.1, 0.15) is 30.7 Å². The number of nitrogens with zero attached hydrogens (tertiary/aromatic N) is 4. The monoisotopic (exact) mass is 403 g/mol. The van der Waals surface area contributed by atoms with E-state index in [1.807, 2.05) is 26.1 Å². The zero-order valence-electron chi connectivity index (χ0n) is 16.5. The summed E-state index contributed by atoms with van der Waals surface area (Å²) in [6.07, 6.45) is 2.70. The summed E-state index contributed by atoms with van der Waals surface area (Å²) < 4.78 is 31.3. The number of amides is 1. The summed E-state index contributed by atoms with van der Waals surface area (Å²) in [5.41, 5.74) is 2.94.